The third-order valence-electron chi connectivity index (χ3n) is 1.89. The van der Waals surface area contributed by atoms with Gasteiger partial charge in [-0.25, -0.2) is 0 Å². The summed E-state index contributed by atoms with van der Waals surface area (Å²) < 4.78 is 0. The van der Waals surface area contributed by atoms with Crippen molar-refractivity contribution in [3.8, 4) is 0 Å². The van der Waals surface area contributed by atoms with E-state index in [9.17, 15) is 4.79 Å². The molecule has 1 rings (SSSR count). The van der Waals surface area contributed by atoms with Crippen LogP contribution < -0.4 is 0 Å². The van der Waals surface area contributed by atoms with Crippen LogP contribution in [0.15, 0.2) is 0 Å². The van der Waals surface area contributed by atoms with Gasteiger partial charge in [-0.15, -0.1) is 0 Å². The summed E-state index contributed by atoms with van der Waals surface area (Å²) in [5, 5.41) is 9.19. The monoisotopic (exact) mass is 270 g/mol. The first-order valence-electron chi connectivity index (χ1n) is 4.29. The van der Waals surface area contributed by atoms with Gasteiger partial charge in [0.2, 0.25) is 0 Å². The Bertz CT molecular complexity index is 149. The van der Waals surface area contributed by atoms with Crippen molar-refractivity contribution in [3.63, 3.8) is 0 Å². The normalized spacial score (nSPS) is 21.1. The maximum absolute atomic E-state index is 10.2. The topological polar surface area (TPSA) is 37.3 Å². The molecule has 1 unspecified atom stereocenters. The Morgan fingerprint density at radius 1 is 1.46 bits per heavy atom. The molecule has 0 aliphatic carbocycles. The molecule has 1 fully saturated rings. The van der Waals surface area contributed by atoms with Crippen LogP contribution in [0, 0.1) is 0 Å². The van der Waals surface area contributed by atoms with E-state index in [0.29, 0.717) is 6.42 Å². The first-order valence-corrected chi connectivity index (χ1v) is 6.67. The third kappa shape index (κ3) is 6.81. The zero-order valence-electron chi connectivity index (χ0n) is 7.70. The molecular formula is C8H14O2S2Zn. The van der Waals surface area contributed by atoms with Crippen molar-refractivity contribution in [2.75, 3.05) is 5.75 Å². The van der Waals surface area contributed by atoms with Crippen LogP contribution >= 0.6 is 21.6 Å². The van der Waals surface area contributed by atoms with Gasteiger partial charge in [0.25, 0.3) is 0 Å². The molecule has 0 bridgehead atoms. The molecule has 0 aromatic heterocycles. The molecule has 13 heavy (non-hydrogen) atoms. The number of carboxylic acid groups (broad SMARTS) is 1. The molecular weight excluding hydrogens is 258 g/mol. The minimum Gasteiger partial charge on any atom is -0.481 e. The van der Waals surface area contributed by atoms with E-state index in [0.717, 1.165) is 18.1 Å². The molecule has 1 atom stereocenters. The van der Waals surface area contributed by atoms with E-state index in [4.69, 9.17) is 5.11 Å². The van der Waals surface area contributed by atoms with Crippen LogP contribution in [0.25, 0.3) is 0 Å². The molecule has 1 N–H and O–H groups in total. The second-order valence-electron chi connectivity index (χ2n) is 2.97. The van der Waals surface area contributed by atoms with Crippen LogP contribution in [-0.4, -0.2) is 22.1 Å². The summed E-state index contributed by atoms with van der Waals surface area (Å²) in [5.41, 5.74) is 0. The van der Waals surface area contributed by atoms with Crippen molar-refractivity contribution >= 4 is 27.6 Å². The van der Waals surface area contributed by atoms with Crippen LogP contribution in [0.1, 0.15) is 32.1 Å². The van der Waals surface area contributed by atoms with Gasteiger partial charge in [-0.2, -0.15) is 0 Å². The fourth-order valence-electron chi connectivity index (χ4n) is 1.21. The maximum atomic E-state index is 10.2. The van der Waals surface area contributed by atoms with Crippen molar-refractivity contribution in [2.45, 2.75) is 37.4 Å². The number of carboxylic acids is 1. The average Bonchev–Trinajstić information content (AvgIpc) is 2.49. The molecule has 0 aromatic rings. The number of unbranched alkanes of at least 4 members (excludes halogenated alkanes) is 1. The van der Waals surface area contributed by atoms with Crippen molar-refractivity contribution in [1.82, 2.24) is 0 Å². The van der Waals surface area contributed by atoms with Gasteiger partial charge in [0.1, 0.15) is 0 Å². The fraction of sp³-hybridized carbons (Fsp3) is 0.875. The quantitative estimate of drug-likeness (QED) is 0.474. The summed E-state index contributed by atoms with van der Waals surface area (Å²) in [6.45, 7) is 0. The molecule has 2 nitrogen and oxygen atoms in total. The van der Waals surface area contributed by atoms with Crippen LogP contribution in [0.2, 0.25) is 0 Å². The second kappa shape index (κ2) is 8.13. The molecule has 0 aromatic carbocycles. The zero-order valence-corrected chi connectivity index (χ0v) is 12.3. The summed E-state index contributed by atoms with van der Waals surface area (Å²) in [6.07, 6.45) is 4.76. The fourth-order valence-corrected chi connectivity index (χ4v) is 4.24. The minimum absolute atomic E-state index is 0. The number of rotatable bonds is 5. The summed E-state index contributed by atoms with van der Waals surface area (Å²) in [4.78, 5) is 10.2. The Morgan fingerprint density at radius 2 is 2.23 bits per heavy atom. The molecule has 72 valence electrons. The predicted octanol–water partition coefficient (Wildman–Crippen LogP) is 2.78. The number of hydrogen-bond donors (Lipinski definition) is 1. The Balaban J connectivity index is 0.00000144. The number of carbonyl (C=O) groups is 1. The molecule has 0 amide bonds. The summed E-state index contributed by atoms with van der Waals surface area (Å²) in [7, 11) is 3.92. The zero-order chi connectivity index (χ0) is 8.81. The summed E-state index contributed by atoms with van der Waals surface area (Å²) in [6, 6.07) is 0. The van der Waals surface area contributed by atoms with E-state index in [-0.39, 0.29) is 19.5 Å². The molecule has 0 saturated carbocycles. The second-order valence-corrected chi connectivity index (χ2v) is 5.76. The van der Waals surface area contributed by atoms with E-state index >= 15 is 0 Å². The first kappa shape index (κ1) is 13.8. The standard InChI is InChI=1S/C8H14O2S2.Zn/c9-8(10)4-2-1-3-7-5-6-11-12-7;/h7H,1-6H2,(H,9,10);. The summed E-state index contributed by atoms with van der Waals surface area (Å²) >= 11 is 0. The average molecular weight is 272 g/mol. The SMILES string of the molecule is O=C(O)CCCCC1CCSS1.[Zn]. The van der Waals surface area contributed by atoms with E-state index in [2.05, 4.69) is 0 Å². The van der Waals surface area contributed by atoms with Gasteiger partial charge in [0.05, 0.1) is 0 Å². The molecule has 0 radical (unpaired) electrons. The summed E-state index contributed by atoms with van der Waals surface area (Å²) in [5.74, 6) is 0.609. The number of hydrogen-bond acceptors (Lipinski definition) is 3. The van der Waals surface area contributed by atoms with Gasteiger partial charge >= 0.3 is 5.97 Å². The van der Waals surface area contributed by atoms with E-state index in [1.54, 1.807) is 0 Å². The Morgan fingerprint density at radius 3 is 2.77 bits per heavy atom. The van der Waals surface area contributed by atoms with Crippen LogP contribution in [-0.2, 0) is 24.3 Å². The van der Waals surface area contributed by atoms with Gasteiger partial charge in [0.15, 0.2) is 0 Å². The van der Waals surface area contributed by atoms with Gasteiger partial charge < -0.3 is 5.11 Å². The van der Waals surface area contributed by atoms with Crippen molar-refractivity contribution in [2.24, 2.45) is 0 Å². The largest absolute Gasteiger partial charge is 0.481 e. The molecule has 1 heterocycles. The molecule has 1 saturated heterocycles. The molecule has 5 heteroatoms. The van der Waals surface area contributed by atoms with Crippen LogP contribution in [0.5, 0.6) is 0 Å². The van der Waals surface area contributed by atoms with Crippen molar-refractivity contribution in [1.29, 1.82) is 0 Å². The maximum Gasteiger partial charge on any atom is 0.303 e. The van der Waals surface area contributed by atoms with E-state index in [1.807, 2.05) is 21.6 Å². The smallest absolute Gasteiger partial charge is 0.303 e. The number of aliphatic carboxylic acids is 1. The van der Waals surface area contributed by atoms with Gasteiger partial charge in [-0.05, 0) is 19.3 Å². The van der Waals surface area contributed by atoms with Gasteiger partial charge in [-0.3, -0.25) is 4.79 Å². The Labute approximate surface area is 99.8 Å². The Kier molecular flexibility index (Phi) is 8.63. The van der Waals surface area contributed by atoms with E-state index in [1.165, 1.54) is 18.6 Å². The predicted molar refractivity (Wildman–Crippen MR) is 54.6 cm³/mol. The van der Waals surface area contributed by atoms with E-state index < -0.39 is 5.97 Å². The molecule has 1 aliphatic rings. The molecule has 1 aliphatic heterocycles. The van der Waals surface area contributed by atoms with Gasteiger partial charge in [-0.1, -0.05) is 28.0 Å². The first-order chi connectivity index (χ1) is 5.79. The van der Waals surface area contributed by atoms with Gasteiger partial charge in [0, 0.05) is 36.9 Å². The third-order valence-corrected chi connectivity index (χ3v) is 4.90. The Hall–Kier alpha value is 0.793. The van der Waals surface area contributed by atoms with Crippen molar-refractivity contribution in [3.05, 3.63) is 0 Å². The van der Waals surface area contributed by atoms with Crippen LogP contribution in [0.3, 0.4) is 0 Å². The minimum atomic E-state index is -0.663. The van der Waals surface area contributed by atoms with Crippen molar-refractivity contribution < 1.29 is 29.4 Å². The molecule has 0 spiro atoms. The van der Waals surface area contributed by atoms with Crippen LogP contribution in [0.4, 0.5) is 0 Å².